The number of amides is 2. The molecule has 0 radical (unpaired) electrons. The van der Waals surface area contributed by atoms with Gasteiger partial charge in [-0.1, -0.05) is 30.3 Å². The molecule has 2 aliphatic rings. The molecule has 3 heterocycles. The highest BCUT2D eigenvalue weighted by atomic mass is 16.2. The van der Waals surface area contributed by atoms with Crippen LogP contribution in [-0.2, 0) is 18.4 Å². The second-order valence-corrected chi connectivity index (χ2v) is 9.19. The number of hydrogen-bond acceptors (Lipinski definition) is 4. The topological polar surface area (TPSA) is 70.5 Å². The molecule has 160 valence electrons. The Hall–Kier alpha value is -2.67. The molecule has 1 aromatic carbocycles. The van der Waals surface area contributed by atoms with Crippen molar-refractivity contribution < 1.29 is 9.59 Å². The van der Waals surface area contributed by atoms with E-state index in [0.29, 0.717) is 18.8 Å². The monoisotopic (exact) mass is 409 g/mol. The first-order valence-corrected chi connectivity index (χ1v) is 10.6. The van der Waals surface area contributed by atoms with Gasteiger partial charge in [-0.2, -0.15) is 5.10 Å². The van der Waals surface area contributed by atoms with Crippen LogP contribution in [0.4, 0.5) is 0 Å². The van der Waals surface area contributed by atoms with Crippen molar-refractivity contribution in [1.82, 2.24) is 24.9 Å². The van der Waals surface area contributed by atoms with Crippen LogP contribution in [0.3, 0.4) is 0 Å². The van der Waals surface area contributed by atoms with Crippen LogP contribution in [0.5, 0.6) is 0 Å². The van der Waals surface area contributed by atoms with Gasteiger partial charge in [0.25, 0.3) is 5.91 Å². The van der Waals surface area contributed by atoms with Crippen molar-refractivity contribution in [2.24, 2.45) is 18.4 Å². The van der Waals surface area contributed by atoms with E-state index in [1.807, 2.05) is 49.9 Å². The maximum absolute atomic E-state index is 13.0. The standard InChI is InChI=1S/C23H31N5O2/c1-16(2)24-21(29)19-12-27(11-18-8-6-5-7-9-18)13-23(19)14-28(15-23)22(30)20-10-17(3)25-26(20)4/h5-10,16,19H,11-15H2,1-4H3,(H,24,29). The molecule has 2 fully saturated rings. The molecule has 4 rings (SSSR count). The zero-order valence-electron chi connectivity index (χ0n) is 18.3. The molecule has 1 N–H and O–H groups in total. The largest absolute Gasteiger partial charge is 0.354 e. The molecule has 1 aromatic heterocycles. The van der Waals surface area contributed by atoms with Gasteiger partial charge in [-0.05, 0) is 32.4 Å². The average Bonchev–Trinajstić information content (AvgIpc) is 3.20. The van der Waals surface area contributed by atoms with E-state index in [0.717, 1.165) is 25.3 Å². The molecule has 0 saturated carbocycles. The van der Waals surface area contributed by atoms with Crippen molar-refractivity contribution in [2.45, 2.75) is 33.4 Å². The average molecular weight is 410 g/mol. The zero-order valence-corrected chi connectivity index (χ0v) is 18.3. The number of benzene rings is 1. The van der Waals surface area contributed by atoms with E-state index in [-0.39, 0.29) is 29.2 Å². The van der Waals surface area contributed by atoms with E-state index >= 15 is 0 Å². The highest BCUT2D eigenvalue weighted by Crippen LogP contribution is 2.45. The predicted molar refractivity (Wildman–Crippen MR) is 115 cm³/mol. The fourth-order valence-corrected chi connectivity index (χ4v) is 4.93. The van der Waals surface area contributed by atoms with E-state index in [1.54, 1.807) is 11.7 Å². The van der Waals surface area contributed by atoms with Gasteiger partial charge in [0.05, 0.1) is 11.6 Å². The van der Waals surface area contributed by atoms with E-state index in [9.17, 15) is 9.59 Å². The molecule has 2 aromatic rings. The van der Waals surface area contributed by atoms with E-state index in [2.05, 4.69) is 27.4 Å². The maximum atomic E-state index is 13.0. The van der Waals surface area contributed by atoms with Crippen LogP contribution in [0.25, 0.3) is 0 Å². The highest BCUT2D eigenvalue weighted by Gasteiger charge is 2.58. The van der Waals surface area contributed by atoms with Crippen LogP contribution in [-0.4, -0.2) is 63.6 Å². The molecule has 2 amide bonds. The molecule has 1 atom stereocenters. The van der Waals surface area contributed by atoms with E-state index in [1.165, 1.54) is 5.56 Å². The lowest BCUT2D eigenvalue weighted by atomic mass is 9.71. The Kier molecular flexibility index (Phi) is 5.40. The molecule has 7 heteroatoms. The molecule has 1 unspecified atom stereocenters. The van der Waals surface area contributed by atoms with Gasteiger partial charge in [-0.25, -0.2) is 0 Å². The summed E-state index contributed by atoms with van der Waals surface area (Å²) < 4.78 is 1.64. The summed E-state index contributed by atoms with van der Waals surface area (Å²) in [5, 5.41) is 7.39. The third kappa shape index (κ3) is 3.86. The molecule has 0 aliphatic carbocycles. The quantitative estimate of drug-likeness (QED) is 0.818. The number of rotatable bonds is 5. The van der Waals surface area contributed by atoms with Crippen molar-refractivity contribution in [3.8, 4) is 0 Å². The maximum Gasteiger partial charge on any atom is 0.272 e. The Balaban J connectivity index is 1.50. The van der Waals surface area contributed by atoms with Crippen molar-refractivity contribution in [1.29, 1.82) is 0 Å². The molecule has 2 aliphatic heterocycles. The summed E-state index contributed by atoms with van der Waals surface area (Å²) in [6, 6.07) is 12.3. The van der Waals surface area contributed by atoms with Gasteiger partial charge >= 0.3 is 0 Å². The summed E-state index contributed by atoms with van der Waals surface area (Å²) in [6.45, 7) is 9.45. The SMILES string of the molecule is Cc1cc(C(=O)N2CC3(CN(Cc4ccccc4)CC3C(=O)NC(C)C)C2)n(C)n1. The summed E-state index contributed by atoms with van der Waals surface area (Å²) in [6.07, 6.45) is 0. The predicted octanol–water partition coefficient (Wildman–Crippen LogP) is 1.83. The zero-order chi connectivity index (χ0) is 21.5. The van der Waals surface area contributed by atoms with Gasteiger partial charge in [0.2, 0.25) is 5.91 Å². The normalized spacial score (nSPS) is 20.6. The van der Waals surface area contributed by atoms with E-state index in [4.69, 9.17) is 0 Å². The first-order chi connectivity index (χ1) is 14.3. The number of carbonyl (C=O) groups is 2. The summed E-state index contributed by atoms with van der Waals surface area (Å²) in [5.41, 5.74) is 2.50. The molecule has 30 heavy (non-hydrogen) atoms. The lowest BCUT2D eigenvalue weighted by Gasteiger charge is -2.50. The molecular formula is C23H31N5O2. The van der Waals surface area contributed by atoms with Gasteiger partial charge in [0, 0.05) is 51.2 Å². The molecular weight excluding hydrogens is 378 g/mol. The van der Waals surface area contributed by atoms with Gasteiger partial charge in [-0.3, -0.25) is 19.2 Å². The summed E-state index contributed by atoms with van der Waals surface area (Å²) in [4.78, 5) is 30.2. The van der Waals surface area contributed by atoms with Crippen LogP contribution >= 0.6 is 0 Å². The third-order valence-electron chi connectivity index (χ3n) is 6.23. The molecule has 2 saturated heterocycles. The van der Waals surface area contributed by atoms with Crippen LogP contribution < -0.4 is 5.32 Å². The van der Waals surface area contributed by atoms with E-state index < -0.39 is 0 Å². The minimum absolute atomic E-state index is 0.00625. The number of nitrogens with zero attached hydrogens (tertiary/aromatic N) is 4. The third-order valence-corrected chi connectivity index (χ3v) is 6.23. The number of nitrogens with one attached hydrogen (secondary N) is 1. The van der Waals surface area contributed by atoms with Gasteiger partial charge in [-0.15, -0.1) is 0 Å². The lowest BCUT2D eigenvalue weighted by Crippen LogP contribution is -2.64. The van der Waals surface area contributed by atoms with Gasteiger partial charge < -0.3 is 10.2 Å². The van der Waals surface area contributed by atoms with Crippen molar-refractivity contribution in [3.05, 3.63) is 53.3 Å². The first-order valence-electron chi connectivity index (χ1n) is 10.6. The second-order valence-electron chi connectivity index (χ2n) is 9.19. The van der Waals surface area contributed by atoms with Crippen molar-refractivity contribution >= 4 is 11.8 Å². The van der Waals surface area contributed by atoms with Crippen LogP contribution in [0.1, 0.15) is 35.6 Å². The number of aromatic nitrogens is 2. The van der Waals surface area contributed by atoms with Gasteiger partial charge in [0.1, 0.15) is 5.69 Å². The summed E-state index contributed by atoms with van der Waals surface area (Å²) in [7, 11) is 1.80. The number of hydrogen-bond donors (Lipinski definition) is 1. The van der Waals surface area contributed by atoms with Crippen molar-refractivity contribution in [3.63, 3.8) is 0 Å². The summed E-state index contributed by atoms with van der Waals surface area (Å²) >= 11 is 0. The van der Waals surface area contributed by atoms with Crippen LogP contribution in [0.2, 0.25) is 0 Å². The number of likely N-dealkylation sites (tertiary alicyclic amines) is 2. The summed E-state index contributed by atoms with van der Waals surface area (Å²) in [5.74, 6) is -0.0155. The first kappa shape index (κ1) is 20.6. The number of carbonyl (C=O) groups excluding carboxylic acids is 2. The fraction of sp³-hybridized carbons (Fsp3) is 0.522. The minimum atomic E-state index is -0.183. The Bertz CT molecular complexity index is 930. The Labute approximate surface area is 178 Å². The minimum Gasteiger partial charge on any atom is -0.354 e. The Morgan fingerprint density at radius 1 is 1.20 bits per heavy atom. The van der Waals surface area contributed by atoms with Crippen molar-refractivity contribution in [2.75, 3.05) is 26.2 Å². The second kappa shape index (κ2) is 7.87. The van der Waals surface area contributed by atoms with Crippen LogP contribution in [0.15, 0.2) is 36.4 Å². The molecule has 7 nitrogen and oxygen atoms in total. The molecule has 0 bridgehead atoms. The Morgan fingerprint density at radius 2 is 1.90 bits per heavy atom. The van der Waals surface area contributed by atoms with Crippen LogP contribution in [0, 0.1) is 18.3 Å². The smallest absolute Gasteiger partial charge is 0.272 e. The van der Waals surface area contributed by atoms with Gasteiger partial charge in [0.15, 0.2) is 0 Å². The number of aryl methyl sites for hydroxylation is 2. The highest BCUT2D eigenvalue weighted by molar-refractivity contribution is 5.93. The fourth-order valence-electron chi connectivity index (χ4n) is 4.93. The molecule has 1 spiro atoms. The Morgan fingerprint density at radius 3 is 2.50 bits per heavy atom. The lowest BCUT2D eigenvalue weighted by molar-refractivity contribution is -0.131.